The molecule has 30 valence electrons. The lowest BCUT2D eigenvalue weighted by atomic mass is 11.1. The van der Waals surface area contributed by atoms with Gasteiger partial charge < -0.3 is 0 Å². The first-order valence-electron chi connectivity index (χ1n) is 1.90. The van der Waals surface area contributed by atoms with E-state index in [1.54, 1.807) is 0 Å². The summed E-state index contributed by atoms with van der Waals surface area (Å²) in [6.07, 6.45) is 0. The van der Waals surface area contributed by atoms with Crippen molar-refractivity contribution in [2.45, 2.75) is 0 Å². The fourth-order valence-corrected chi connectivity index (χ4v) is 4.27. The molecule has 0 aliphatic rings. The quantitative estimate of drug-likeness (QED) is 0.494. The van der Waals surface area contributed by atoms with Crippen molar-refractivity contribution in [3.8, 4) is 0 Å². The van der Waals surface area contributed by atoms with Crippen LogP contribution in [0.15, 0.2) is 23.2 Å². The Morgan fingerprint density at radius 1 is 0.667 bits per heavy atom. The van der Waals surface area contributed by atoms with E-state index in [1.807, 2.05) is 0 Å². The van der Waals surface area contributed by atoms with Crippen molar-refractivity contribution in [1.29, 1.82) is 0 Å². The summed E-state index contributed by atoms with van der Waals surface area (Å²) in [7, 11) is 0.811. The second-order valence-electron chi connectivity index (χ2n) is 1.36. The van der Waals surface area contributed by atoms with Crippen LogP contribution < -0.4 is 0 Å². The molecule has 0 atom stereocenters. The minimum Gasteiger partial charge on any atom is -0.0757 e. The van der Waals surface area contributed by atoms with Gasteiger partial charge in [-0.05, 0) is 23.2 Å². The van der Waals surface area contributed by atoms with Gasteiger partial charge >= 0.3 is 0 Å². The summed E-state index contributed by atoms with van der Waals surface area (Å²) in [6.45, 7) is 0. The molecule has 0 radical (unpaired) electrons. The highest BCUT2D eigenvalue weighted by atomic mass is 31.9. The molecule has 0 fully saturated rings. The van der Waals surface area contributed by atoms with Crippen molar-refractivity contribution in [3.05, 3.63) is 23.2 Å². The van der Waals surface area contributed by atoms with Crippen molar-refractivity contribution in [2.24, 2.45) is 0 Å². The Morgan fingerprint density at radius 2 is 1.00 bits per heavy atom. The van der Waals surface area contributed by atoms with Gasteiger partial charge in [0.2, 0.25) is 0 Å². The predicted octanol–water partition coefficient (Wildman–Crippen LogP) is 2.85. The van der Waals surface area contributed by atoms with Crippen LogP contribution in [0.3, 0.4) is 0 Å². The minimum atomic E-state index is 0.405. The molecule has 2 aromatic rings. The molecule has 2 aromatic heterocycles. The summed E-state index contributed by atoms with van der Waals surface area (Å²) in [4.78, 5) is 0. The van der Waals surface area contributed by atoms with Gasteiger partial charge in [-0.2, -0.15) is 0 Å². The average molecular weight is 114 g/mol. The van der Waals surface area contributed by atoms with Crippen molar-refractivity contribution >= 4 is 14.0 Å². The van der Waals surface area contributed by atoms with E-state index in [0.717, 1.165) is 0 Å². The van der Waals surface area contributed by atoms with Crippen LogP contribution in [0.5, 0.6) is 0 Å². The molecule has 2 heteroatoms. The molecule has 0 saturated heterocycles. The third-order valence-electron chi connectivity index (χ3n) is 1.01. The summed E-state index contributed by atoms with van der Waals surface area (Å²) in [5.41, 5.74) is 0. The van der Waals surface area contributed by atoms with Gasteiger partial charge in [0.15, 0.2) is 0 Å². The monoisotopic (exact) mass is 114 g/mol. The van der Waals surface area contributed by atoms with Gasteiger partial charge in [0, 0.05) is 0 Å². The number of fused-ring (bicyclic) bond motifs is 1. The van der Waals surface area contributed by atoms with E-state index < -0.39 is 0 Å². The van der Waals surface area contributed by atoms with Gasteiger partial charge in [-0.1, -0.05) is 14.0 Å². The van der Waals surface area contributed by atoms with Crippen LogP contribution in [0.25, 0.3) is 0 Å². The topological polar surface area (TPSA) is 0 Å². The van der Waals surface area contributed by atoms with Gasteiger partial charge in [0.25, 0.3) is 0 Å². The molecule has 0 bridgehead atoms. The van der Waals surface area contributed by atoms with Crippen molar-refractivity contribution in [1.82, 2.24) is 0 Å². The summed E-state index contributed by atoms with van der Waals surface area (Å²) in [6, 6.07) is 0. The maximum absolute atomic E-state index is 2.33. The van der Waals surface area contributed by atoms with Crippen LogP contribution in [-0.4, -0.2) is 0 Å². The smallest absolute Gasteiger partial charge is 0.0301 e. The maximum atomic E-state index is 2.33. The first kappa shape index (κ1) is 3.13. The van der Waals surface area contributed by atoms with Crippen LogP contribution in [0.4, 0.5) is 0 Å². The molecule has 0 N–H and O–H groups in total. The third kappa shape index (κ3) is 0.195. The molecule has 0 aliphatic carbocycles. The largest absolute Gasteiger partial charge is 0.0757 e. The molecule has 0 saturated carbocycles. The highest BCUT2D eigenvalue weighted by molar-refractivity contribution is 8.08. The third-order valence-corrected chi connectivity index (χ3v) is 7.03. The fourth-order valence-electron chi connectivity index (χ4n) is 0.541. The summed E-state index contributed by atoms with van der Waals surface area (Å²) >= 11 is 0. The molecule has 0 spiro atoms. The van der Waals surface area contributed by atoms with Gasteiger partial charge in [-0.25, -0.2) is 0 Å². The second-order valence-corrected chi connectivity index (χ2v) is 6.84. The molecule has 2 rings (SSSR count). The number of rotatable bonds is 0. The lowest BCUT2D eigenvalue weighted by Crippen LogP contribution is -1.51. The highest BCUT2D eigenvalue weighted by Crippen LogP contribution is 2.54. The molecular weight excluding hydrogens is 110 g/mol. The Labute approximate surface area is 38.1 Å². The van der Waals surface area contributed by atoms with Crippen LogP contribution in [-0.2, 0) is 0 Å². The van der Waals surface area contributed by atoms with Crippen molar-refractivity contribution in [2.75, 3.05) is 0 Å². The molecular formula is C4H4P2. The molecule has 0 unspecified atom stereocenters. The van der Waals surface area contributed by atoms with E-state index in [-0.39, 0.29) is 0 Å². The highest BCUT2D eigenvalue weighted by Gasteiger charge is 1.92. The Balaban J connectivity index is 3.04. The Hall–Kier alpha value is 0.0800. The molecule has 0 aromatic carbocycles. The SMILES string of the molecule is c1cp2ccp12. The fraction of sp³-hybridized carbons (Fsp3) is 0. The minimum absolute atomic E-state index is 0.405. The van der Waals surface area contributed by atoms with Gasteiger partial charge in [0.05, 0.1) is 0 Å². The second kappa shape index (κ2) is 0.832. The first-order chi connectivity index (χ1) is 2.97. The zero-order chi connectivity index (χ0) is 3.98. The standard InChI is InChI=1S/C4H4P2/c1-2-6-4-3-5(1)6/h1-4H. The Bertz CT molecular complexity index is 172. The number of hydrogen-bond acceptors (Lipinski definition) is 0. The van der Waals surface area contributed by atoms with E-state index >= 15 is 0 Å². The average Bonchev–Trinajstić information content (AvgIpc) is 1.54. The van der Waals surface area contributed by atoms with E-state index in [2.05, 4.69) is 23.2 Å². The van der Waals surface area contributed by atoms with Gasteiger partial charge in [0.1, 0.15) is 0 Å². The van der Waals surface area contributed by atoms with E-state index in [4.69, 9.17) is 0 Å². The lowest BCUT2D eigenvalue weighted by molar-refractivity contribution is 2.19. The van der Waals surface area contributed by atoms with Crippen LogP contribution in [0.2, 0.25) is 0 Å². The van der Waals surface area contributed by atoms with Gasteiger partial charge in [-0.15, -0.1) is 0 Å². The van der Waals surface area contributed by atoms with Crippen LogP contribution in [0, 0.1) is 0 Å². The predicted molar refractivity (Wildman–Crippen MR) is 31.5 cm³/mol. The summed E-state index contributed by atoms with van der Waals surface area (Å²) in [5, 5.41) is 0. The lowest BCUT2D eigenvalue weighted by Gasteiger charge is -2.02. The van der Waals surface area contributed by atoms with E-state index in [9.17, 15) is 0 Å². The Morgan fingerprint density at radius 3 is 1.00 bits per heavy atom. The van der Waals surface area contributed by atoms with E-state index in [1.165, 1.54) is 0 Å². The summed E-state index contributed by atoms with van der Waals surface area (Å²) < 4.78 is 0. The van der Waals surface area contributed by atoms with Crippen molar-refractivity contribution in [3.63, 3.8) is 0 Å². The number of hydrogen-bond donors (Lipinski definition) is 0. The molecule has 2 heterocycles. The molecule has 0 amide bonds. The molecule has 0 nitrogen and oxygen atoms in total. The zero-order valence-electron chi connectivity index (χ0n) is 3.20. The van der Waals surface area contributed by atoms with Gasteiger partial charge in [-0.3, -0.25) is 0 Å². The Kier molecular flexibility index (Phi) is 0.434. The van der Waals surface area contributed by atoms with Crippen LogP contribution in [0.1, 0.15) is 0 Å². The first-order valence-corrected chi connectivity index (χ1v) is 5.57. The molecule has 0 aliphatic heterocycles. The summed E-state index contributed by atoms with van der Waals surface area (Å²) in [5.74, 6) is 9.34. The van der Waals surface area contributed by atoms with E-state index in [0.29, 0.717) is 14.0 Å². The molecule has 6 heavy (non-hydrogen) atoms. The van der Waals surface area contributed by atoms with Crippen LogP contribution >= 0.6 is 14.0 Å². The zero-order valence-corrected chi connectivity index (χ0v) is 4.99. The maximum Gasteiger partial charge on any atom is -0.0301 e. The van der Waals surface area contributed by atoms with Crippen molar-refractivity contribution < 1.29 is 0 Å². The normalized spacial score (nSPS) is 17.3.